The first-order valence-corrected chi connectivity index (χ1v) is 14.3. The summed E-state index contributed by atoms with van der Waals surface area (Å²) in [6.45, 7) is 11.8. The van der Waals surface area contributed by atoms with Crippen molar-refractivity contribution >= 4 is 34.8 Å². The summed E-state index contributed by atoms with van der Waals surface area (Å²) in [5, 5.41) is 0. The van der Waals surface area contributed by atoms with Crippen LogP contribution in [0.25, 0.3) is 0 Å². The molecule has 9 heteroatoms. The number of amides is 2. The van der Waals surface area contributed by atoms with Crippen LogP contribution in [0.3, 0.4) is 0 Å². The first kappa shape index (κ1) is 30.1. The second-order valence-corrected chi connectivity index (χ2v) is 12.4. The Hall–Kier alpha value is -2.41. The van der Waals surface area contributed by atoms with Crippen LogP contribution in [-0.4, -0.2) is 75.4 Å². The molecule has 38 heavy (non-hydrogen) atoms. The molecule has 1 aliphatic carbocycles. The van der Waals surface area contributed by atoms with Crippen molar-refractivity contribution in [3.8, 4) is 11.8 Å². The summed E-state index contributed by atoms with van der Waals surface area (Å²) in [5.74, 6) is 5.73. The number of ether oxygens (including phenoxy) is 3. The Morgan fingerprint density at radius 1 is 1.13 bits per heavy atom. The summed E-state index contributed by atoms with van der Waals surface area (Å²) in [6.07, 6.45) is 2.76. The van der Waals surface area contributed by atoms with E-state index in [1.54, 1.807) is 17.9 Å². The van der Waals surface area contributed by atoms with Gasteiger partial charge >= 0.3 is 5.97 Å². The van der Waals surface area contributed by atoms with E-state index in [0.717, 1.165) is 25.7 Å². The summed E-state index contributed by atoms with van der Waals surface area (Å²) in [7, 11) is 2.85. The Kier molecular flexibility index (Phi) is 10.4. The highest BCUT2D eigenvalue weighted by Gasteiger charge is 2.43. The second-order valence-electron chi connectivity index (χ2n) is 11.3. The lowest BCUT2D eigenvalue weighted by Crippen LogP contribution is -2.59. The standard InChI is InChI=1S/C29H42N2O6S/c1-19-8-10-21(11-9-19)26(32)31(24(20(2)35-6)27(33)30-14-16-37-17-15-30)23-18-22(12-13-29(3,4)5)38-25(23)28(34)36-7/h18-21,24H,8-11,14-17H2,1-7H3/t19?,20-,21?,24-/m0/s1. The van der Waals surface area contributed by atoms with E-state index in [9.17, 15) is 14.4 Å². The number of morpholine rings is 1. The maximum atomic E-state index is 14.3. The van der Waals surface area contributed by atoms with Crippen LogP contribution in [-0.2, 0) is 23.8 Å². The molecule has 2 atom stereocenters. The van der Waals surface area contributed by atoms with E-state index in [4.69, 9.17) is 14.2 Å². The topological polar surface area (TPSA) is 85.4 Å². The molecule has 1 aliphatic heterocycles. The molecule has 1 aromatic heterocycles. The second kappa shape index (κ2) is 13.1. The smallest absolute Gasteiger partial charge is 0.350 e. The Morgan fingerprint density at radius 2 is 1.76 bits per heavy atom. The molecular formula is C29H42N2O6S. The van der Waals surface area contributed by atoms with Crippen LogP contribution >= 0.6 is 11.3 Å². The fourth-order valence-corrected chi connectivity index (χ4v) is 5.76. The molecule has 0 unspecified atom stereocenters. The predicted octanol–water partition coefficient (Wildman–Crippen LogP) is 4.35. The van der Waals surface area contributed by atoms with E-state index in [0.29, 0.717) is 42.8 Å². The van der Waals surface area contributed by atoms with Crippen molar-refractivity contribution in [3.63, 3.8) is 0 Å². The van der Waals surface area contributed by atoms with E-state index >= 15 is 0 Å². The number of carbonyl (C=O) groups excluding carboxylic acids is 3. The van der Waals surface area contributed by atoms with Gasteiger partial charge < -0.3 is 19.1 Å². The number of hydrogen-bond acceptors (Lipinski definition) is 7. The van der Waals surface area contributed by atoms with Crippen molar-refractivity contribution in [2.45, 2.75) is 72.4 Å². The molecule has 8 nitrogen and oxygen atoms in total. The predicted molar refractivity (Wildman–Crippen MR) is 148 cm³/mol. The van der Waals surface area contributed by atoms with Gasteiger partial charge in [-0.25, -0.2) is 4.79 Å². The highest BCUT2D eigenvalue weighted by atomic mass is 32.1. The van der Waals surface area contributed by atoms with Gasteiger partial charge in [-0.3, -0.25) is 14.5 Å². The summed E-state index contributed by atoms with van der Waals surface area (Å²) in [5.41, 5.74) is 0.114. The maximum Gasteiger partial charge on any atom is 0.350 e. The number of rotatable bonds is 7. The van der Waals surface area contributed by atoms with Gasteiger partial charge in [0.1, 0.15) is 10.9 Å². The van der Waals surface area contributed by atoms with E-state index in [-0.39, 0.29) is 28.0 Å². The van der Waals surface area contributed by atoms with Crippen molar-refractivity contribution < 1.29 is 28.6 Å². The van der Waals surface area contributed by atoms with Gasteiger partial charge in [0, 0.05) is 31.5 Å². The van der Waals surface area contributed by atoms with Crippen LogP contribution in [0.2, 0.25) is 0 Å². The molecule has 2 amide bonds. The van der Waals surface area contributed by atoms with Crippen LogP contribution in [0.15, 0.2) is 6.07 Å². The zero-order chi connectivity index (χ0) is 28.0. The number of anilines is 1. The van der Waals surface area contributed by atoms with Crippen LogP contribution in [0, 0.1) is 29.1 Å². The molecule has 1 aromatic rings. The molecule has 0 spiro atoms. The minimum absolute atomic E-state index is 0.161. The average molecular weight is 547 g/mol. The first-order chi connectivity index (χ1) is 18.0. The Bertz CT molecular complexity index is 1050. The van der Waals surface area contributed by atoms with Crippen LogP contribution in [0.4, 0.5) is 5.69 Å². The van der Waals surface area contributed by atoms with Gasteiger partial charge in [0.2, 0.25) is 11.8 Å². The largest absolute Gasteiger partial charge is 0.465 e. The van der Waals surface area contributed by atoms with E-state index in [1.165, 1.54) is 30.5 Å². The third-order valence-electron chi connectivity index (χ3n) is 7.18. The molecule has 1 saturated carbocycles. The zero-order valence-electron chi connectivity index (χ0n) is 23.8. The van der Waals surface area contributed by atoms with Gasteiger partial charge in [0.05, 0.1) is 37.0 Å². The van der Waals surface area contributed by atoms with Gasteiger partial charge in [-0.05, 0) is 65.4 Å². The lowest BCUT2D eigenvalue weighted by molar-refractivity contribution is -0.142. The van der Waals surface area contributed by atoms with Gasteiger partial charge in [-0.1, -0.05) is 18.8 Å². The summed E-state index contributed by atoms with van der Waals surface area (Å²) < 4.78 is 16.3. The summed E-state index contributed by atoms with van der Waals surface area (Å²) in [4.78, 5) is 45.5. The van der Waals surface area contributed by atoms with Crippen molar-refractivity contribution in [3.05, 3.63) is 15.8 Å². The molecule has 3 rings (SSSR count). The number of thiophene rings is 1. The molecule has 0 N–H and O–H groups in total. The third-order valence-corrected chi connectivity index (χ3v) is 8.20. The fourth-order valence-electron chi connectivity index (χ4n) is 4.84. The first-order valence-electron chi connectivity index (χ1n) is 13.4. The fraction of sp³-hybridized carbons (Fsp3) is 0.690. The van der Waals surface area contributed by atoms with Crippen molar-refractivity contribution in [2.75, 3.05) is 45.4 Å². The van der Waals surface area contributed by atoms with E-state index in [1.807, 2.05) is 20.8 Å². The van der Waals surface area contributed by atoms with Crippen molar-refractivity contribution in [1.29, 1.82) is 0 Å². The molecule has 0 aromatic carbocycles. The minimum atomic E-state index is -0.952. The number of carbonyl (C=O) groups is 3. The quantitative estimate of drug-likeness (QED) is 0.373. The normalized spacial score (nSPS) is 21.6. The van der Waals surface area contributed by atoms with Gasteiger partial charge in [-0.15, -0.1) is 11.3 Å². The van der Waals surface area contributed by atoms with Crippen molar-refractivity contribution in [2.24, 2.45) is 17.3 Å². The molecule has 1 saturated heterocycles. The summed E-state index contributed by atoms with van der Waals surface area (Å²) >= 11 is 1.18. The molecule has 2 aliphatic rings. The van der Waals surface area contributed by atoms with Gasteiger partial charge in [-0.2, -0.15) is 0 Å². The lowest BCUT2D eigenvalue weighted by Gasteiger charge is -2.40. The minimum Gasteiger partial charge on any atom is -0.465 e. The van der Waals surface area contributed by atoms with Crippen LogP contribution in [0.1, 0.15) is 74.9 Å². The van der Waals surface area contributed by atoms with Crippen LogP contribution < -0.4 is 4.90 Å². The molecule has 2 heterocycles. The SMILES string of the molecule is COC(=O)c1sc(C#CC(C)(C)C)cc1N(C(=O)C1CCC(C)CC1)[C@H](C(=O)N1CCOCC1)[C@H](C)OC. The lowest BCUT2D eigenvalue weighted by atomic mass is 9.82. The van der Waals surface area contributed by atoms with Gasteiger partial charge in [0.15, 0.2) is 0 Å². The average Bonchev–Trinajstić information content (AvgIpc) is 3.33. The third kappa shape index (κ3) is 7.37. The molecular weight excluding hydrogens is 504 g/mol. The highest BCUT2D eigenvalue weighted by molar-refractivity contribution is 7.15. The number of hydrogen-bond donors (Lipinski definition) is 0. The van der Waals surface area contributed by atoms with Crippen LogP contribution in [0.5, 0.6) is 0 Å². The van der Waals surface area contributed by atoms with Gasteiger partial charge in [0.25, 0.3) is 0 Å². The Morgan fingerprint density at radius 3 is 2.32 bits per heavy atom. The zero-order valence-corrected chi connectivity index (χ0v) is 24.6. The van der Waals surface area contributed by atoms with E-state index < -0.39 is 18.1 Å². The molecule has 2 fully saturated rings. The number of methoxy groups -OCH3 is 2. The number of nitrogens with zero attached hydrogens (tertiary/aromatic N) is 2. The summed E-state index contributed by atoms with van der Waals surface area (Å²) in [6, 6.07) is 0.799. The molecule has 210 valence electrons. The maximum absolute atomic E-state index is 14.3. The monoisotopic (exact) mass is 546 g/mol. The van der Waals surface area contributed by atoms with E-state index in [2.05, 4.69) is 18.8 Å². The Balaban J connectivity index is 2.17. The van der Waals surface area contributed by atoms with Crippen molar-refractivity contribution in [1.82, 2.24) is 4.90 Å². The molecule has 0 bridgehead atoms. The Labute approximate surface area is 231 Å². The highest BCUT2D eigenvalue weighted by Crippen LogP contribution is 2.37. The molecule has 0 radical (unpaired) electrons. The number of esters is 1.